The van der Waals surface area contributed by atoms with Crippen LogP contribution in [0.3, 0.4) is 0 Å². The lowest BCUT2D eigenvalue weighted by Crippen LogP contribution is -2.63. The summed E-state index contributed by atoms with van der Waals surface area (Å²) in [7, 11) is -53.4. The fourth-order valence-electron chi connectivity index (χ4n) is 3.57. The molecule has 0 aromatic heterocycles. The molecule has 0 aromatic rings. The molecule has 2 atom stereocenters. The van der Waals surface area contributed by atoms with Gasteiger partial charge in [0.25, 0.3) is 0 Å². The molecule has 2 unspecified atom stereocenters. The van der Waals surface area contributed by atoms with Crippen LogP contribution in [0.25, 0.3) is 0 Å². The lowest BCUT2D eigenvalue weighted by atomic mass is 10.2. The smallest absolute Gasteiger partial charge is 0.323 e. The lowest BCUT2D eigenvalue weighted by molar-refractivity contribution is 0.0668. The second-order valence-corrected chi connectivity index (χ2v) is 23.2. The van der Waals surface area contributed by atoms with Crippen molar-refractivity contribution in [1.29, 1.82) is 0 Å². The highest BCUT2D eigenvalue weighted by Gasteiger charge is 2.64. The van der Waals surface area contributed by atoms with Gasteiger partial charge in [0.05, 0.1) is 6.17 Å². The maximum atomic E-state index is 12.1. The molecule has 35 heteroatoms. The number of hydrogen-bond acceptors (Lipinski definition) is 11. The van der Waals surface area contributed by atoms with Gasteiger partial charge < -0.3 is 84.0 Å². The summed E-state index contributed by atoms with van der Waals surface area (Å²) in [6.45, 7) is 0.0706. The summed E-state index contributed by atoms with van der Waals surface area (Å²) in [6.07, 6.45) is -3.50. The van der Waals surface area contributed by atoms with E-state index in [1.807, 2.05) is 0 Å². The minimum atomic E-state index is -6.68. The summed E-state index contributed by atoms with van der Waals surface area (Å²) in [5, 5.41) is 0. The minimum absolute atomic E-state index is 0.0706. The van der Waals surface area contributed by atoms with E-state index in [0.717, 1.165) is 0 Å². The quantitative estimate of drug-likeness (QED) is 0.0553. The van der Waals surface area contributed by atoms with Crippen molar-refractivity contribution < 1.29 is 115 Å². The molecule has 0 saturated heterocycles. The SMILES string of the molecule is CC(C(N)N(C(P(=O)(O)O)P(=O)(O)O)C(P(=O)(O)O)P(=O)(O)O)N(C(P(=O)(O)O)P(=O)(O)O)C(P(=O)(O)O)P(=O)(O)O. The third-order valence-corrected chi connectivity index (χ3v) is 18.9. The predicted octanol–water partition coefficient (Wildman–Crippen LogP) is -4.18. The average Bonchev–Trinajstić information content (AvgIpc) is 2.56. The van der Waals surface area contributed by atoms with Crippen LogP contribution in [-0.4, -0.2) is 122 Å². The molecule has 0 aliphatic carbocycles. The van der Waals surface area contributed by atoms with Crippen LogP contribution in [0.2, 0.25) is 0 Å². The van der Waals surface area contributed by atoms with Gasteiger partial charge in [0.1, 0.15) is 0 Å². The van der Waals surface area contributed by atoms with E-state index in [9.17, 15) is 115 Å². The molecule has 0 bridgehead atoms. The molecule has 0 amide bonds. The predicted molar refractivity (Wildman–Crippen MR) is 133 cm³/mol. The van der Waals surface area contributed by atoms with Crippen molar-refractivity contribution in [3.8, 4) is 0 Å². The summed E-state index contributed by atoms with van der Waals surface area (Å²) in [6, 6.07) is -3.22. The maximum absolute atomic E-state index is 12.1. The second-order valence-electron chi connectivity index (χ2n) is 8.22. The van der Waals surface area contributed by atoms with E-state index in [0.29, 0.717) is 0 Å². The van der Waals surface area contributed by atoms with Gasteiger partial charge in [-0.2, -0.15) is 0 Å². The number of nitrogens with two attached hydrogens (primary N) is 1. The Morgan fingerprint density at radius 1 is 0.381 bits per heavy atom. The summed E-state index contributed by atoms with van der Waals surface area (Å²) in [5.41, 5.74) is -11.0. The normalized spacial score (nSPS) is 17.2. The largest absolute Gasteiger partial charge is 0.355 e. The molecular formula is C7H27N3O24P8. The van der Waals surface area contributed by atoms with Crippen LogP contribution in [0.5, 0.6) is 0 Å². The minimum Gasteiger partial charge on any atom is -0.323 e. The van der Waals surface area contributed by atoms with Crippen molar-refractivity contribution in [3.63, 3.8) is 0 Å². The maximum Gasteiger partial charge on any atom is 0.355 e. The van der Waals surface area contributed by atoms with E-state index >= 15 is 0 Å². The van der Waals surface area contributed by atoms with Crippen molar-refractivity contribution in [3.05, 3.63) is 0 Å². The first-order valence-electron chi connectivity index (χ1n) is 9.52. The third kappa shape index (κ3) is 11.1. The Hall–Kier alpha value is 1.08. The Morgan fingerprint density at radius 2 is 0.524 bits per heavy atom. The van der Waals surface area contributed by atoms with Crippen molar-refractivity contribution in [2.45, 2.75) is 41.2 Å². The Balaban J connectivity index is 8.34. The molecule has 0 fully saturated rings. The van der Waals surface area contributed by atoms with Crippen molar-refractivity contribution in [2.24, 2.45) is 5.73 Å². The van der Waals surface area contributed by atoms with Gasteiger partial charge in [0.2, 0.25) is 22.1 Å². The van der Waals surface area contributed by atoms with E-state index in [4.69, 9.17) is 5.73 Å². The first-order chi connectivity index (χ1) is 17.8. The summed E-state index contributed by atoms with van der Waals surface area (Å²) in [5.74, 6) is 0. The van der Waals surface area contributed by atoms with E-state index in [1.165, 1.54) is 0 Å². The van der Waals surface area contributed by atoms with Gasteiger partial charge in [-0.15, -0.1) is 0 Å². The van der Waals surface area contributed by atoms with E-state index in [2.05, 4.69) is 0 Å². The van der Waals surface area contributed by atoms with Gasteiger partial charge in [0, 0.05) is 6.04 Å². The zero-order chi connectivity index (χ0) is 34.6. The Kier molecular flexibility index (Phi) is 13.6. The second kappa shape index (κ2) is 13.3. The molecule has 27 nitrogen and oxygen atoms in total. The average molecular weight is 785 g/mol. The number of nitrogens with zero attached hydrogens (tertiary/aromatic N) is 2. The molecule has 254 valence electrons. The van der Waals surface area contributed by atoms with Crippen LogP contribution in [0.15, 0.2) is 0 Å². The monoisotopic (exact) mass is 785 g/mol. The van der Waals surface area contributed by atoms with Gasteiger partial charge >= 0.3 is 60.8 Å². The molecule has 0 rings (SSSR count). The highest BCUT2D eigenvalue weighted by Crippen LogP contribution is 2.72. The van der Waals surface area contributed by atoms with E-state index in [1.54, 1.807) is 0 Å². The van der Waals surface area contributed by atoms with Crippen LogP contribution >= 0.6 is 60.8 Å². The zero-order valence-corrected chi connectivity index (χ0v) is 27.1. The van der Waals surface area contributed by atoms with Crippen molar-refractivity contribution in [1.82, 2.24) is 9.80 Å². The van der Waals surface area contributed by atoms with Crippen molar-refractivity contribution >= 4 is 60.8 Å². The van der Waals surface area contributed by atoms with Crippen molar-refractivity contribution in [2.75, 3.05) is 0 Å². The molecule has 0 heterocycles. The Morgan fingerprint density at radius 3 is 0.667 bits per heavy atom. The molecule has 0 saturated carbocycles. The lowest BCUT2D eigenvalue weighted by Gasteiger charge is -2.48. The molecule has 0 aliphatic rings. The summed E-state index contributed by atoms with van der Waals surface area (Å²) < 4.78 is 96.6. The van der Waals surface area contributed by atoms with Crippen LogP contribution in [-0.2, 0) is 36.5 Å². The first kappa shape index (κ1) is 43.1. The van der Waals surface area contributed by atoms with Crippen LogP contribution < -0.4 is 5.73 Å². The van der Waals surface area contributed by atoms with Gasteiger partial charge in [-0.05, 0) is 6.92 Å². The van der Waals surface area contributed by atoms with E-state index < -0.39 is 105 Å². The molecule has 18 N–H and O–H groups in total. The number of hydrogen-bond donors (Lipinski definition) is 17. The molecular weight excluding hydrogens is 758 g/mol. The molecule has 0 radical (unpaired) electrons. The van der Waals surface area contributed by atoms with Crippen LogP contribution in [0, 0.1) is 0 Å². The van der Waals surface area contributed by atoms with Gasteiger partial charge in [-0.1, -0.05) is 0 Å². The third-order valence-electron chi connectivity index (χ3n) is 4.78. The highest BCUT2D eigenvalue weighted by atomic mass is 31.3. The van der Waals surface area contributed by atoms with Gasteiger partial charge in [0.15, 0.2) is 0 Å². The first-order valence-corrected chi connectivity index (χ1v) is 23.0. The summed E-state index contributed by atoms with van der Waals surface area (Å²) >= 11 is 0. The topological polar surface area (TPSA) is 493 Å². The van der Waals surface area contributed by atoms with Gasteiger partial charge in [-0.3, -0.25) is 36.5 Å². The highest BCUT2D eigenvalue weighted by molar-refractivity contribution is 7.73. The fraction of sp³-hybridized carbons (Fsp3) is 1.00. The molecule has 0 aromatic carbocycles. The molecule has 0 aliphatic heterocycles. The number of rotatable bonds is 15. The summed E-state index contributed by atoms with van der Waals surface area (Å²) in [4.78, 5) is 151. The molecule has 42 heavy (non-hydrogen) atoms. The van der Waals surface area contributed by atoms with Crippen LogP contribution in [0.1, 0.15) is 6.92 Å². The Bertz CT molecular complexity index is 1080. The Labute approximate surface area is 232 Å². The zero-order valence-electron chi connectivity index (χ0n) is 19.9. The fourth-order valence-corrected chi connectivity index (χ4v) is 16.0. The standard InChI is InChI=1S/C7H27N3O24P8/c1-2(9(4(35(11,12)13)36(14,15)16)5(37(17,18)19)38(20,21)22)3(8)10(6(39(23,24)25)40(26,27)28)7(41(29,30)31)42(32,33)34/h2-7H,8H2,1H3,(H2,11,12,13)(H2,14,15,16)(H2,17,18,19)(H2,20,21,22)(H2,23,24,25)(H2,26,27,28)(H2,29,30,31)(H2,32,33,34). The van der Waals surface area contributed by atoms with E-state index in [-0.39, 0.29) is 6.92 Å². The van der Waals surface area contributed by atoms with Crippen LogP contribution in [0.4, 0.5) is 0 Å². The van der Waals surface area contributed by atoms with Gasteiger partial charge in [-0.25, -0.2) is 9.80 Å². The molecule has 0 spiro atoms.